The summed E-state index contributed by atoms with van der Waals surface area (Å²) in [7, 11) is -1.78. The predicted octanol–water partition coefficient (Wildman–Crippen LogP) is -0.0644. The molecule has 0 saturated carbocycles. The highest BCUT2D eigenvalue weighted by atomic mass is 32.2. The first-order chi connectivity index (χ1) is 5.93. The van der Waals surface area contributed by atoms with Crippen molar-refractivity contribution in [1.29, 1.82) is 0 Å². The molecule has 1 unspecified atom stereocenters. The van der Waals surface area contributed by atoms with E-state index in [1.54, 1.807) is 0 Å². The van der Waals surface area contributed by atoms with Gasteiger partial charge in [-0.2, -0.15) is 8.78 Å². The molecule has 2 N–H and O–H groups in total. The summed E-state index contributed by atoms with van der Waals surface area (Å²) in [6.07, 6.45) is -2.93. The summed E-state index contributed by atoms with van der Waals surface area (Å²) < 4.78 is 38.3. The Balaban J connectivity index is 2.55. The number of thioether (sulfide) groups is 1. The highest BCUT2D eigenvalue weighted by molar-refractivity contribution is 8.00. The molecule has 1 atom stereocenters. The molecular weight excluding hydrogens is 206 g/mol. The lowest BCUT2D eigenvalue weighted by atomic mass is 9.91. The lowest BCUT2D eigenvalue weighted by Gasteiger charge is -2.35. The van der Waals surface area contributed by atoms with E-state index in [0.29, 0.717) is 0 Å². The Morgan fingerprint density at radius 2 is 2.15 bits per heavy atom. The summed E-state index contributed by atoms with van der Waals surface area (Å²) in [5.41, 5.74) is 0. The van der Waals surface area contributed by atoms with Gasteiger partial charge in [0.25, 0.3) is 0 Å². The molecule has 0 amide bonds. The van der Waals surface area contributed by atoms with E-state index in [2.05, 4.69) is 0 Å². The zero-order valence-electron chi connectivity index (χ0n) is 6.66. The average Bonchev–Trinajstić information content (AvgIpc) is 1.98. The van der Waals surface area contributed by atoms with Crippen molar-refractivity contribution in [2.45, 2.75) is 11.6 Å². The lowest BCUT2D eigenvalue weighted by Crippen LogP contribution is -2.52. The molecule has 0 aromatic carbocycles. The Kier molecular flexibility index (Phi) is 3.50. The van der Waals surface area contributed by atoms with Crippen LogP contribution >= 0.6 is 11.8 Å². The van der Waals surface area contributed by atoms with Crippen molar-refractivity contribution >= 4 is 18.9 Å². The topological polar surface area (TPSA) is 43.7 Å². The quantitative estimate of drug-likeness (QED) is 0.500. The first-order valence-corrected chi connectivity index (χ1v) is 4.68. The summed E-state index contributed by atoms with van der Waals surface area (Å²) in [6, 6.07) is 0. The van der Waals surface area contributed by atoms with Crippen molar-refractivity contribution in [3.05, 3.63) is 0 Å². The van der Waals surface area contributed by atoms with E-state index in [9.17, 15) is 13.2 Å². The number of halogens is 3. The predicted molar refractivity (Wildman–Crippen MR) is 44.1 cm³/mol. The second-order valence-electron chi connectivity index (χ2n) is 2.72. The van der Waals surface area contributed by atoms with Gasteiger partial charge in [0.05, 0.1) is 0 Å². The molecule has 0 aliphatic carbocycles. The molecule has 1 rings (SSSR count). The molecular formula is C5H9BF3NO2S. The van der Waals surface area contributed by atoms with Crippen molar-refractivity contribution in [3.8, 4) is 0 Å². The largest absolute Gasteiger partial charge is 0.466 e. The van der Waals surface area contributed by atoms with Crippen LogP contribution in [-0.4, -0.2) is 52.4 Å². The van der Waals surface area contributed by atoms with Gasteiger partial charge in [-0.3, -0.25) is 4.90 Å². The molecule has 0 aromatic rings. The van der Waals surface area contributed by atoms with Crippen LogP contribution in [0.25, 0.3) is 0 Å². The van der Waals surface area contributed by atoms with Crippen LogP contribution in [0.4, 0.5) is 13.2 Å². The summed E-state index contributed by atoms with van der Waals surface area (Å²) in [4.78, 5) is 0.723. The molecule has 0 spiro atoms. The standard InChI is InChI=1S/C5H9BF3NO2S/c7-4-5(8,9)13-2-1-10(4)3-6(11)12/h4,11-12H,1-3H2. The van der Waals surface area contributed by atoms with Gasteiger partial charge >= 0.3 is 12.4 Å². The van der Waals surface area contributed by atoms with Crippen molar-refractivity contribution in [1.82, 2.24) is 4.90 Å². The number of hydrogen-bond acceptors (Lipinski definition) is 4. The smallest absolute Gasteiger partial charge is 0.426 e. The second kappa shape index (κ2) is 4.08. The SMILES string of the molecule is OB(O)CN1CCSC(F)(F)C1F. The van der Waals surface area contributed by atoms with Crippen molar-refractivity contribution < 1.29 is 23.2 Å². The molecule has 0 aromatic heterocycles. The Morgan fingerprint density at radius 1 is 1.54 bits per heavy atom. The van der Waals surface area contributed by atoms with Crippen LogP contribution < -0.4 is 0 Å². The van der Waals surface area contributed by atoms with Gasteiger partial charge in [0.15, 0.2) is 0 Å². The summed E-state index contributed by atoms with van der Waals surface area (Å²) in [6.45, 7) is 0.0963. The van der Waals surface area contributed by atoms with Gasteiger partial charge in [0, 0.05) is 18.7 Å². The van der Waals surface area contributed by atoms with Gasteiger partial charge in [-0.15, -0.1) is 0 Å². The van der Waals surface area contributed by atoms with Crippen LogP contribution in [0.5, 0.6) is 0 Å². The fourth-order valence-corrected chi connectivity index (χ4v) is 1.97. The van der Waals surface area contributed by atoms with Crippen molar-refractivity contribution in [3.63, 3.8) is 0 Å². The number of rotatable bonds is 2. The van der Waals surface area contributed by atoms with Gasteiger partial charge < -0.3 is 10.0 Å². The van der Waals surface area contributed by atoms with E-state index in [1.165, 1.54) is 0 Å². The van der Waals surface area contributed by atoms with Crippen LogP contribution in [0.15, 0.2) is 0 Å². The van der Waals surface area contributed by atoms with Crippen LogP contribution in [0.1, 0.15) is 0 Å². The minimum atomic E-state index is -3.45. The van der Waals surface area contributed by atoms with Gasteiger partial charge in [-0.05, 0) is 0 Å². The molecule has 76 valence electrons. The zero-order valence-corrected chi connectivity index (χ0v) is 7.48. The normalized spacial score (nSPS) is 28.8. The van der Waals surface area contributed by atoms with E-state index in [1.807, 2.05) is 0 Å². The third kappa shape index (κ3) is 2.76. The van der Waals surface area contributed by atoms with Crippen molar-refractivity contribution in [2.75, 3.05) is 18.7 Å². The molecule has 0 bridgehead atoms. The summed E-state index contributed by atoms with van der Waals surface area (Å²) >= 11 is 0.246. The van der Waals surface area contributed by atoms with E-state index >= 15 is 0 Å². The highest BCUT2D eigenvalue weighted by Gasteiger charge is 2.48. The molecule has 3 nitrogen and oxygen atoms in total. The molecule has 0 radical (unpaired) electrons. The third-order valence-electron chi connectivity index (χ3n) is 1.67. The number of hydrogen-bond donors (Lipinski definition) is 2. The Bertz CT molecular complexity index is 185. The Hall–Kier alpha value is 0.0849. The molecule has 8 heteroatoms. The van der Waals surface area contributed by atoms with Crippen LogP contribution in [0.2, 0.25) is 0 Å². The summed E-state index contributed by atoms with van der Waals surface area (Å²) in [5.74, 6) is 0.0835. The number of nitrogens with zero attached hydrogens (tertiary/aromatic N) is 1. The van der Waals surface area contributed by atoms with Gasteiger partial charge in [0.2, 0.25) is 6.30 Å². The second-order valence-corrected chi connectivity index (χ2v) is 3.96. The van der Waals surface area contributed by atoms with Gasteiger partial charge in [0.1, 0.15) is 0 Å². The van der Waals surface area contributed by atoms with E-state index in [4.69, 9.17) is 10.0 Å². The Labute approximate surface area is 78.1 Å². The zero-order chi connectivity index (χ0) is 10.1. The maximum atomic E-state index is 12.9. The first-order valence-electron chi connectivity index (χ1n) is 3.69. The maximum Gasteiger partial charge on any atom is 0.466 e. The Morgan fingerprint density at radius 3 is 2.69 bits per heavy atom. The molecule has 1 aliphatic rings. The molecule has 1 fully saturated rings. The monoisotopic (exact) mass is 215 g/mol. The molecule has 1 heterocycles. The highest BCUT2D eigenvalue weighted by Crippen LogP contribution is 2.39. The fraction of sp³-hybridized carbons (Fsp3) is 1.00. The van der Waals surface area contributed by atoms with Crippen LogP contribution in [0, 0.1) is 0 Å². The van der Waals surface area contributed by atoms with Gasteiger partial charge in [-0.25, -0.2) is 4.39 Å². The molecule has 1 saturated heterocycles. The van der Waals surface area contributed by atoms with Crippen LogP contribution in [0.3, 0.4) is 0 Å². The fourth-order valence-electron chi connectivity index (χ4n) is 1.09. The first kappa shape index (κ1) is 11.2. The minimum absolute atomic E-state index is 0.0835. The van der Waals surface area contributed by atoms with E-state index in [0.717, 1.165) is 4.90 Å². The van der Waals surface area contributed by atoms with Crippen LogP contribution in [-0.2, 0) is 0 Å². The van der Waals surface area contributed by atoms with E-state index < -0.39 is 25.1 Å². The maximum absolute atomic E-state index is 12.9. The third-order valence-corrected chi connectivity index (χ3v) is 2.63. The molecule has 13 heavy (non-hydrogen) atoms. The van der Waals surface area contributed by atoms with E-state index in [-0.39, 0.29) is 24.1 Å². The summed E-state index contributed by atoms with van der Waals surface area (Å²) in [5, 5.41) is 13.5. The lowest BCUT2D eigenvalue weighted by molar-refractivity contribution is -0.0731. The number of alkyl halides is 3. The molecule has 1 aliphatic heterocycles. The van der Waals surface area contributed by atoms with Gasteiger partial charge in [-0.1, -0.05) is 11.8 Å². The average molecular weight is 215 g/mol. The minimum Gasteiger partial charge on any atom is -0.426 e. The van der Waals surface area contributed by atoms with Crippen molar-refractivity contribution in [2.24, 2.45) is 0 Å².